The van der Waals surface area contributed by atoms with Gasteiger partial charge in [-0.05, 0) is 44.2 Å². The van der Waals surface area contributed by atoms with Gasteiger partial charge in [-0.3, -0.25) is 4.79 Å². The number of amides is 1. The van der Waals surface area contributed by atoms with Crippen LogP contribution in [0.1, 0.15) is 31.9 Å². The number of halogens is 1. The molecular formula is C18H24ClN5O2. The molecule has 0 bridgehead atoms. The molecule has 0 aliphatic carbocycles. The predicted molar refractivity (Wildman–Crippen MR) is 98.9 cm³/mol. The van der Waals surface area contributed by atoms with Crippen molar-refractivity contribution in [2.24, 2.45) is 5.92 Å². The summed E-state index contributed by atoms with van der Waals surface area (Å²) in [6.45, 7) is 3.96. The number of ether oxygens (including phenoxy) is 1. The minimum Gasteiger partial charge on any atom is -0.359 e. The maximum Gasteiger partial charge on any atom is 0.207 e. The summed E-state index contributed by atoms with van der Waals surface area (Å²) in [5.41, 5.74) is 0.833. The molecule has 140 valence electrons. The summed E-state index contributed by atoms with van der Waals surface area (Å²) >= 11 is 6.14. The summed E-state index contributed by atoms with van der Waals surface area (Å²) in [5.74, 6) is 0.673. The van der Waals surface area contributed by atoms with Gasteiger partial charge in [0.25, 0.3) is 0 Å². The zero-order valence-electron chi connectivity index (χ0n) is 14.7. The van der Waals surface area contributed by atoms with Gasteiger partial charge in [0.2, 0.25) is 6.41 Å². The zero-order valence-corrected chi connectivity index (χ0v) is 15.4. The van der Waals surface area contributed by atoms with Gasteiger partial charge in [-0.1, -0.05) is 11.6 Å². The second-order valence-electron chi connectivity index (χ2n) is 7.19. The highest BCUT2D eigenvalue weighted by Gasteiger charge is 2.31. The zero-order chi connectivity index (χ0) is 17.9. The van der Waals surface area contributed by atoms with Crippen LogP contribution in [0.25, 0.3) is 11.0 Å². The Balaban J connectivity index is 1.31. The molecule has 1 amide bonds. The lowest BCUT2D eigenvalue weighted by Crippen LogP contribution is -2.31. The van der Waals surface area contributed by atoms with Crippen molar-refractivity contribution in [3.8, 4) is 0 Å². The first kappa shape index (κ1) is 17.7. The van der Waals surface area contributed by atoms with E-state index >= 15 is 0 Å². The standard InChI is InChI=1S/C18H24ClN5O2/c19-17-15-5-8-24(18(15)22-11-21-17)16-2-1-14(26-16)10-23-7-4-13(9-23)3-6-20-12-25/h5,8,11-14,16H,1-4,6-7,9-10H2,(H,20,25). The average molecular weight is 378 g/mol. The van der Waals surface area contributed by atoms with Gasteiger partial charge in [0.15, 0.2) is 0 Å². The Bertz CT molecular complexity index is 767. The maximum absolute atomic E-state index is 10.3. The highest BCUT2D eigenvalue weighted by molar-refractivity contribution is 6.33. The van der Waals surface area contributed by atoms with Crippen molar-refractivity contribution in [2.75, 3.05) is 26.2 Å². The molecule has 1 N–H and O–H groups in total. The van der Waals surface area contributed by atoms with E-state index in [0.29, 0.717) is 11.1 Å². The number of rotatable bonds is 7. The first-order chi connectivity index (χ1) is 12.7. The molecule has 26 heavy (non-hydrogen) atoms. The minimum atomic E-state index is 0.0126. The molecule has 2 aromatic rings. The highest BCUT2D eigenvalue weighted by atomic mass is 35.5. The lowest BCUT2D eigenvalue weighted by atomic mass is 10.1. The first-order valence-electron chi connectivity index (χ1n) is 9.26. The molecule has 0 aromatic carbocycles. The number of fused-ring (bicyclic) bond motifs is 1. The van der Waals surface area contributed by atoms with E-state index in [0.717, 1.165) is 62.9 Å². The van der Waals surface area contributed by atoms with E-state index in [9.17, 15) is 4.79 Å². The second kappa shape index (κ2) is 7.90. The van der Waals surface area contributed by atoms with Gasteiger partial charge in [0.05, 0.1) is 11.5 Å². The summed E-state index contributed by atoms with van der Waals surface area (Å²) in [7, 11) is 0. The SMILES string of the molecule is O=CNCCC1CCN(CC2CCC(n3ccc4c(Cl)ncnc43)O2)C1. The molecule has 3 atom stereocenters. The Labute approximate surface area is 157 Å². The van der Waals surface area contributed by atoms with E-state index in [4.69, 9.17) is 16.3 Å². The number of hydrogen-bond acceptors (Lipinski definition) is 5. The smallest absolute Gasteiger partial charge is 0.207 e. The third-order valence-corrected chi connectivity index (χ3v) is 5.77. The predicted octanol–water partition coefficient (Wildman–Crippen LogP) is 2.22. The Morgan fingerprint density at radius 1 is 1.35 bits per heavy atom. The van der Waals surface area contributed by atoms with Crippen molar-refractivity contribution >= 4 is 29.0 Å². The largest absolute Gasteiger partial charge is 0.359 e. The van der Waals surface area contributed by atoms with E-state index in [1.807, 2.05) is 12.3 Å². The molecule has 2 saturated heterocycles. The van der Waals surface area contributed by atoms with E-state index in [2.05, 4.69) is 24.8 Å². The van der Waals surface area contributed by atoms with Crippen LogP contribution in [0, 0.1) is 5.92 Å². The summed E-state index contributed by atoms with van der Waals surface area (Å²) in [6.07, 6.45) is 8.82. The number of carbonyl (C=O) groups excluding carboxylic acids is 1. The van der Waals surface area contributed by atoms with Gasteiger partial charge in [0.1, 0.15) is 23.4 Å². The Hall–Kier alpha value is -1.70. The summed E-state index contributed by atoms with van der Waals surface area (Å²) in [6, 6.07) is 1.95. The summed E-state index contributed by atoms with van der Waals surface area (Å²) < 4.78 is 8.38. The van der Waals surface area contributed by atoms with Gasteiger partial charge in [0, 0.05) is 25.8 Å². The number of nitrogens with one attached hydrogen (secondary N) is 1. The molecule has 4 heterocycles. The normalized spacial score (nSPS) is 26.6. The van der Waals surface area contributed by atoms with Gasteiger partial charge < -0.3 is 19.5 Å². The van der Waals surface area contributed by atoms with Gasteiger partial charge in [-0.25, -0.2) is 9.97 Å². The number of hydrogen-bond donors (Lipinski definition) is 1. The van der Waals surface area contributed by atoms with Crippen LogP contribution in [0.4, 0.5) is 0 Å². The van der Waals surface area contributed by atoms with Crippen LogP contribution in [0.5, 0.6) is 0 Å². The van der Waals surface area contributed by atoms with Crippen LogP contribution in [-0.4, -0.2) is 58.1 Å². The van der Waals surface area contributed by atoms with Crippen LogP contribution < -0.4 is 5.32 Å². The lowest BCUT2D eigenvalue weighted by molar-refractivity contribution is -0.109. The summed E-state index contributed by atoms with van der Waals surface area (Å²) in [5, 5.41) is 4.11. The van der Waals surface area contributed by atoms with Crippen molar-refractivity contribution < 1.29 is 9.53 Å². The van der Waals surface area contributed by atoms with Crippen LogP contribution in [-0.2, 0) is 9.53 Å². The fourth-order valence-corrected chi connectivity index (χ4v) is 4.34. The fourth-order valence-electron chi connectivity index (χ4n) is 4.15. The number of aromatic nitrogens is 3. The number of nitrogens with zero attached hydrogens (tertiary/aromatic N) is 4. The molecule has 0 radical (unpaired) electrons. The number of likely N-dealkylation sites (tertiary alicyclic amines) is 1. The van der Waals surface area contributed by atoms with Crippen LogP contribution in [0.2, 0.25) is 5.15 Å². The van der Waals surface area contributed by atoms with Crippen LogP contribution >= 0.6 is 11.6 Å². The molecule has 3 unspecified atom stereocenters. The lowest BCUT2D eigenvalue weighted by Gasteiger charge is -2.21. The minimum absolute atomic E-state index is 0.0126. The van der Waals surface area contributed by atoms with Crippen molar-refractivity contribution in [3.05, 3.63) is 23.7 Å². The molecular weight excluding hydrogens is 354 g/mol. The molecule has 4 rings (SSSR count). The van der Waals surface area contributed by atoms with Crippen LogP contribution in [0.15, 0.2) is 18.6 Å². The molecule has 8 heteroatoms. The molecule has 2 aromatic heterocycles. The molecule has 0 spiro atoms. The van der Waals surface area contributed by atoms with Crippen molar-refractivity contribution in [1.29, 1.82) is 0 Å². The average Bonchev–Trinajstić information content (AvgIpc) is 3.35. The molecule has 2 aliphatic heterocycles. The third kappa shape index (κ3) is 3.70. The van der Waals surface area contributed by atoms with Gasteiger partial charge in [-0.2, -0.15) is 0 Å². The summed E-state index contributed by atoms with van der Waals surface area (Å²) in [4.78, 5) is 21.2. The highest BCUT2D eigenvalue weighted by Crippen LogP contribution is 2.33. The Morgan fingerprint density at radius 2 is 2.27 bits per heavy atom. The third-order valence-electron chi connectivity index (χ3n) is 5.47. The second-order valence-corrected chi connectivity index (χ2v) is 7.55. The Morgan fingerprint density at radius 3 is 3.15 bits per heavy atom. The topological polar surface area (TPSA) is 72.3 Å². The quantitative estimate of drug-likeness (QED) is 0.455. The number of carbonyl (C=O) groups is 1. The van der Waals surface area contributed by atoms with Crippen molar-refractivity contribution in [3.63, 3.8) is 0 Å². The van der Waals surface area contributed by atoms with Crippen LogP contribution in [0.3, 0.4) is 0 Å². The molecule has 2 aliphatic rings. The van der Waals surface area contributed by atoms with Crippen molar-refractivity contribution in [2.45, 2.75) is 38.0 Å². The molecule has 7 nitrogen and oxygen atoms in total. The molecule has 2 fully saturated rings. The molecule has 0 saturated carbocycles. The fraction of sp³-hybridized carbons (Fsp3) is 0.611. The van der Waals surface area contributed by atoms with E-state index in [-0.39, 0.29) is 12.3 Å². The first-order valence-corrected chi connectivity index (χ1v) is 9.64. The Kier molecular flexibility index (Phi) is 5.38. The monoisotopic (exact) mass is 377 g/mol. The van der Waals surface area contributed by atoms with Gasteiger partial charge >= 0.3 is 0 Å². The van der Waals surface area contributed by atoms with E-state index in [1.165, 1.54) is 12.7 Å². The van der Waals surface area contributed by atoms with Crippen molar-refractivity contribution in [1.82, 2.24) is 24.8 Å². The van der Waals surface area contributed by atoms with E-state index < -0.39 is 0 Å². The maximum atomic E-state index is 10.3. The van der Waals surface area contributed by atoms with E-state index in [1.54, 1.807) is 0 Å². The van der Waals surface area contributed by atoms with Gasteiger partial charge in [-0.15, -0.1) is 0 Å².